The zero-order chi connectivity index (χ0) is 13.9. The van der Waals surface area contributed by atoms with Crippen molar-refractivity contribution in [2.24, 2.45) is 0 Å². The lowest BCUT2D eigenvalue weighted by Gasteiger charge is -2.29. The van der Waals surface area contributed by atoms with Crippen LogP contribution in [0.25, 0.3) is 11.0 Å². The van der Waals surface area contributed by atoms with Gasteiger partial charge in [-0.2, -0.15) is 0 Å². The predicted molar refractivity (Wildman–Crippen MR) is 74.7 cm³/mol. The van der Waals surface area contributed by atoms with Crippen molar-refractivity contribution in [3.05, 3.63) is 23.5 Å². The fourth-order valence-corrected chi connectivity index (χ4v) is 2.53. The number of hydrogen-bond acceptors (Lipinski definition) is 5. The number of H-pyrrole nitrogens is 1. The molecule has 3 rings (SSSR count). The molecular formula is C14H17N3O3. The molecule has 0 bridgehead atoms. The van der Waals surface area contributed by atoms with Gasteiger partial charge in [-0.15, -0.1) is 0 Å². The number of ether oxygens (including phenoxy) is 2. The molecule has 0 unspecified atom stereocenters. The zero-order valence-corrected chi connectivity index (χ0v) is 11.4. The fraction of sp³-hybridized carbons (Fsp3) is 0.429. The van der Waals surface area contributed by atoms with Gasteiger partial charge in [-0.25, -0.2) is 4.98 Å². The third-order valence-electron chi connectivity index (χ3n) is 3.45. The first-order valence-corrected chi connectivity index (χ1v) is 6.65. The smallest absolute Gasteiger partial charge is 0.293 e. The van der Waals surface area contributed by atoms with Crippen LogP contribution >= 0.6 is 0 Å². The lowest BCUT2D eigenvalue weighted by Crippen LogP contribution is -2.36. The van der Waals surface area contributed by atoms with Crippen molar-refractivity contribution in [1.82, 2.24) is 9.97 Å². The van der Waals surface area contributed by atoms with E-state index in [-0.39, 0.29) is 6.61 Å². The van der Waals surface area contributed by atoms with Gasteiger partial charge in [-0.1, -0.05) is 0 Å². The molecule has 0 radical (unpaired) electrons. The van der Waals surface area contributed by atoms with Crippen molar-refractivity contribution in [2.45, 2.75) is 13.5 Å². The van der Waals surface area contributed by atoms with E-state index >= 15 is 0 Å². The van der Waals surface area contributed by atoms with Crippen LogP contribution in [0.5, 0.6) is 0 Å². The summed E-state index contributed by atoms with van der Waals surface area (Å²) < 4.78 is 10.3. The number of hydrogen-bond donors (Lipinski definition) is 1. The first-order valence-electron chi connectivity index (χ1n) is 6.65. The Bertz CT molecular complexity index is 617. The Hall–Kier alpha value is -2.08. The van der Waals surface area contributed by atoms with Gasteiger partial charge in [0.1, 0.15) is 12.4 Å². The molecule has 6 nitrogen and oxygen atoms in total. The number of carbonyl (C=O) groups excluding carboxylic acids is 1. The van der Waals surface area contributed by atoms with Crippen molar-refractivity contribution in [2.75, 3.05) is 31.2 Å². The van der Waals surface area contributed by atoms with E-state index in [0.717, 1.165) is 54.4 Å². The van der Waals surface area contributed by atoms with Gasteiger partial charge in [-0.3, -0.25) is 4.79 Å². The lowest BCUT2D eigenvalue weighted by atomic mass is 10.1. The molecule has 2 aromatic rings. The van der Waals surface area contributed by atoms with Crippen LogP contribution in [0.1, 0.15) is 11.4 Å². The Kier molecular flexibility index (Phi) is 3.56. The fourth-order valence-electron chi connectivity index (χ4n) is 2.53. The number of nitrogens with one attached hydrogen (secondary N) is 1. The summed E-state index contributed by atoms with van der Waals surface area (Å²) in [5.74, 6) is 0.853. The highest BCUT2D eigenvalue weighted by molar-refractivity contribution is 5.83. The number of imidazole rings is 1. The summed E-state index contributed by atoms with van der Waals surface area (Å²) in [6, 6.07) is 4.13. The van der Waals surface area contributed by atoms with Gasteiger partial charge in [0.2, 0.25) is 0 Å². The summed E-state index contributed by atoms with van der Waals surface area (Å²) in [7, 11) is 0. The molecule has 1 aromatic heterocycles. The number of aromatic amines is 1. The van der Waals surface area contributed by atoms with Gasteiger partial charge in [0.25, 0.3) is 6.47 Å². The van der Waals surface area contributed by atoms with Gasteiger partial charge >= 0.3 is 0 Å². The molecule has 1 aliphatic heterocycles. The van der Waals surface area contributed by atoms with Crippen molar-refractivity contribution in [3.63, 3.8) is 0 Å². The molecule has 1 fully saturated rings. The second-order valence-corrected chi connectivity index (χ2v) is 4.83. The summed E-state index contributed by atoms with van der Waals surface area (Å²) in [5.41, 5.74) is 3.85. The third kappa shape index (κ3) is 2.46. The number of fused-ring (bicyclic) bond motifs is 1. The number of rotatable bonds is 4. The van der Waals surface area contributed by atoms with Crippen LogP contribution in [-0.2, 0) is 20.9 Å². The average molecular weight is 275 g/mol. The molecule has 1 saturated heterocycles. The number of aryl methyl sites for hydroxylation is 1. The topological polar surface area (TPSA) is 67.4 Å². The van der Waals surface area contributed by atoms with Crippen LogP contribution in [0, 0.1) is 6.92 Å². The number of carbonyl (C=O) groups is 1. The molecule has 2 heterocycles. The third-order valence-corrected chi connectivity index (χ3v) is 3.45. The second kappa shape index (κ2) is 5.50. The summed E-state index contributed by atoms with van der Waals surface area (Å²) in [4.78, 5) is 20.4. The van der Waals surface area contributed by atoms with E-state index in [1.807, 2.05) is 13.0 Å². The average Bonchev–Trinajstić information content (AvgIpc) is 2.86. The van der Waals surface area contributed by atoms with Crippen LogP contribution < -0.4 is 4.90 Å². The van der Waals surface area contributed by atoms with E-state index in [2.05, 4.69) is 20.9 Å². The van der Waals surface area contributed by atoms with Crippen molar-refractivity contribution < 1.29 is 14.3 Å². The molecule has 20 heavy (non-hydrogen) atoms. The van der Waals surface area contributed by atoms with Crippen LogP contribution in [-0.4, -0.2) is 42.7 Å². The quantitative estimate of drug-likeness (QED) is 0.854. The molecule has 1 N–H and O–H groups in total. The van der Waals surface area contributed by atoms with E-state index in [0.29, 0.717) is 6.47 Å². The molecule has 1 aromatic carbocycles. The molecule has 0 saturated carbocycles. The number of benzene rings is 1. The van der Waals surface area contributed by atoms with Crippen LogP contribution in [0.2, 0.25) is 0 Å². The number of anilines is 1. The highest BCUT2D eigenvalue weighted by atomic mass is 16.5. The van der Waals surface area contributed by atoms with Crippen molar-refractivity contribution in [1.29, 1.82) is 0 Å². The number of nitrogens with zero attached hydrogens (tertiary/aromatic N) is 2. The number of aromatic nitrogens is 2. The molecule has 1 aliphatic rings. The van der Waals surface area contributed by atoms with Gasteiger partial charge < -0.3 is 19.4 Å². The summed E-state index contributed by atoms with van der Waals surface area (Å²) in [5, 5.41) is 0. The molecule has 0 amide bonds. The molecule has 0 spiro atoms. The Morgan fingerprint density at radius 2 is 2.25 bits per heavy atom. The van der Waals surface area contributed by atoms with E-state index in [1.165, 1.54) is 0 Å². The SMILES string of the molecule is Cc1nc2c(COC=O)cc(N3CCOCC3)cc2[nH]1. The van der Waals surface area contributed by atoms with E-state index in [9.17, 15) is 4.79 Å². The van der Waals surface area contributed by atoms with Crippen LogP contribution in [0.15, 0.2) is 12.1 Å². The molecule has 106 valence electrons. The summed E-state index contributed by atoms with van der Waals surface area (Å²) >= 11 is 0. The first-order chi connectivity index (χ1) is 9.78. The maximum Gasteiger partial charge on any atom is 0.293 e. The lowest BCUT2D eigenvalue weighted by molar-refractivity contribution is -0.129. The Labute approximate surface area is 116 Å². The number of morpholine rings is 1. The minimum Gasteiger partial charge on any atom is -0.463 e. The highest BCUT2D eigenvalue weighted by Crippen LogP contribution is 2.26. The summed E-state index contributed by atoms with van der Waals surface area (Å²) in [6.07, 6.45) is 0. The van der Waals surface area contributed by atoms with Gasteiger partial charge in [0.05, 0.1) is 24.2 Å². The molecular weight excluding hydrogens is 258 g/mol. The largest absolute Gasteiger partial charge is 0.463 e. The minimum atomic E-state index is 0.239. The van der Waals surface area contributed by atoms with Gasteiger partial charge in [0.15, 0.2) is 0 Å². The van der Waals surface area contributed by atoms with Gasteiger partial charge in [0, 0.05) is 24.3 Å². The monoisotopic (exact) mass is 275 g/mol. The Morgan fingerprint density at radius 1 is 1.45 bits per heavy atom. The standard InChI is InChI=1S/C14H17N3O3/c1-10-15-13-7-12(17-2-4-19-5-3-17)6-11(8-20-9-18)14(13)16-10/h6-7,9H,2-5,8H2,1H3,(H,15,16). The van der Waals surface area contributed by atoms with Crippen molar-refractivity contribution >= 4 is 23.2 Å². The van der Waals surface area contributed by atoms with E-state index in [4.69, 9.17) is 9.47 Å². The van der Waals surface area contributed by atoms with Crippen LogP contribution in [0.3, 0.4) is 0 Å². The van der Waals surface area contributed by atoms with E-state index in [1.54, 1.807) is 0 Å². The van der Waals surface area contributed by atoms with Crippen molar-refractivity contribution in [3.8, 4) is 0 Å². The molecule has 0 aliphatic carbocycles. The Balaban J connectivity index is 2.01. The Morgan fingerprint density at radius 3 is 3.00 bits per heavy atom. The first kappa shape index (κ1) is 12.9. The zero-order valence-electron chi connectivity index (χ0n) is 11.4. The maximum atomic E-state index is 10.4. The summed E-state index contributed by atoms with van der Waals surface area (Å²) in [6.45, 7) is 5.83. The minimum absolute atomic E-state index is 0.239. The molecule has 0 atom stereocenters. The highest BCUT2D eigenvalue weighted by Gasteiger charge is 2.15. The van der Waals surface area contributed by atoms with Gasteiger partial charge in [-0.05, 0) is 19.1 Å². The normalized spacial score (nSPS) is 15.6. The maximum absolute atomic E-state index is 10.4. The molecule has 6 heteroatoms. The second-order valence-electron chi connectivity index (χ2n) is 4.83. The van der Waals surface area contributed by atoms with Crippen LogP contribution in [0.4, 0.5) is 5.69 Å². The predicted octanol–water partition coefficient (Wildman–Crippen LogP) is 1.38. The van der Waals surface area contributed by atoms with E-state index < -0.39 is 0 Å².